The van der Waals surface area contributed by atoms with Crippen molar-refractivity contribution < 1.29 is 37.0 Å². The molecule has 0 aliphatic rings. The molecule has 1 aromatic carbocycles. The van der Waals surface area contributed by atoms with Crippen molar-refractivity contribution in [3.05, 3.63) is 42.1 Å². The van der Waals surface area contributed by atoms with Gasteiger partial charge in [0.05, 0.1) is 0 Å². The summed E-state index contributed by atoms with van der Waals surface area (Å²) in [5.74, 6) is -1.31. The molecule has 0 atom stereocenters. The quantitative estimate of drug-likeness (QED) is 0.670. The normalized spacial score (nSPS) is 7.12. The van der Waals surface area contributed by atoms with E-state index in [9.17, 15) is 4.79 Å². The van der Waals surface area contributed by atoms with Crippen molar-refractivity contribution in [3.63, 3.8) is 0 Å². The fourth-order valence-corrected chi connectivity index (χ4v) is 0.654. The van der Waals surface area contributed by atoms with Gasteiger partial charge in [-0.25, -0.2) is 4.79 Å². The van der Waals surface area contributed by atoms with Crippen molar-refractivity contribution in [2.75, 3.05) is 0 Å². The average molecular weight is 454 g/mol. The Morgan fingerprint density at radius 1 is 1.19 bits per heavy atom. The van der Waals surface area contributed by atoms with Gasteiger partial charge in [0.1, 0.15) is 11.3 Å². The van der Waals surface area contributed by atoms with Gasteiger partial charge in [0, 0.05) is 0 Å². The predicted molar refractivity (Wildman–Crippen MR) is 61.0 cm³/mol. The van der Waals surface area contributed by atoms with Gasteiger partial charge in [0.25, 0.3) is 0 Å². The summed E-state index contributed by atoms with van der Waals surface area (Å²) in [6.07, 6.45) is 0. The van der Waals surface area contributed by atoms with Crippen LogP contribution in [0.3, 0.4) is 0 Å². The van der Waals surface area contributed by atoms with E-state index in [1.165, 1.54) is 12.1 Å². The fourth-order valence-electron chi connectivity index (χ4n) is 0.654. The summed E-state index contributed by atoms with van der Waals surface area (Å²) in [6, 6.07) is 5.81. The molecular weight excluding hydrogens is 442 g/mol. The first-order chi connectivity index (χ1) is 6.13. The Hall–Kier alpha value is -0.362. The fraction of sp³-hybridized carbons (Fsp3) is 0. The zero-order chi connectivity index (χ0) is 10.3. The zero-order valence-electron chi connectivity index (χ0n) is 7.84. The number of carbonyl (C=O) groups is 1. The summed E-state index contributed by atoms with van der Waals surface area (Å²) in [5, 5.41) is 17.3. The standard InChI is InChI=1S/C7H6O3.2ClH.2H2N.H2O.Pt/c8-6-4-2-1-3-5(6)7(9)10;;;;;;/h1-4,8H,(H,9,10);2*1H;3*1H2;/q;;;2*-1;;+4/p-2. The molecule has 0 aromatic heterocycles. The molecule has 0 fully saturated rings. The molecule has 98 valence electrons. The number of phenols is 1. The van der Waals surface area contributed by atoms with Crippen LogP contribution in [0.25, 0.3) is 12.3 Å². The van der Waals surface area contributed by atoms with E-state index in [0.29, 0.717) is 0 Å². The number of aromatic hydroxyl groups is 1. The van der Waals surface area contributed by atoms with Crippen LogP contribution in [-0.2, 0) is 16.5 Å². The van der Waals surface area contributed by atoms with Crippen molar-refractivity contribution in [3.8, 4) is 5.75 Å². The second-order valence-corrected chi connectivity index (χ2v) is 5.15. The molecule has 0 bridgehead atoms. The number of hydrogen-bond acceptors (Lipinski definition) is 2. The summed E-state index contributed by atoms with van der Waals surface area (Å²) in [4.78, 5) is 10.3. The van der Waals surface area contributed by atoms with Crippen molar-refractivity contribution in [1.29, 1.82) is 0 Å². The molecule has 0 unspecified atom stereocenters. The number of nitrogens with two attached hydrogens (primary N) is 2. The maximum Gasteiger partial charge on any atom is -0.693 e. The van der Waals surface area contributed by atoms with Gasteiger partial charge in [0.2, 0.25) is 0 Å². The Kier molecular flexibility index (Phi) is 22.6. The number of carboxylic acid groups (broad SMARTS) is 1. The van der Waals surface area contributed by atoms with Crippen molar-refractivity contribution in [2.24, 2.45) is 0 Å². The van der Waals surface area contributed by atoms with Crippen LogP contribution in [0, 0.1) is 0 Å². The maximum absolute atomic E-state index is 10.3. The van der Waals surface area contributed by atoms with E-state index in [2.05, 4.69) is 0 Å². The van der Waals surface area contributed by atoms with Crippen molar-refractivity contribution >= 4 is 24.8 Å². The van der Waals surface area contributed by atoms with Crippen LogP contribution >= 0.6 is 18.8 Å². The second-order valence-electron chi connectivity index (χ2n) is 1.87. The molecule has 1 aromatic rings. The third kappa shape index (κ3) is 10.2. The molecule has 0 amide bonds. The Labute approximate surface area is 109 Å². The Bertz CT molecular complexity index is 291. The van der Waals surface area contributed by atoms with Gasteiger partial charge >= 0.3 is 41.3 Å². The number of carboxylic acids is 1. The van der Waals surface area contributed by atoms with E-state index in [-0.39, 0.29) is 29.1 Å². The molecular formula is C7H12Cl2N2O4Pt. The number of aromatic carboxylic acids is 1. The molecule has 0 aliphatic carbocycles. The molecule has 0 spiro atoms. The van der Waals surface area contributed by atoms with Crippen LogP contribution in [0.2, 0.25) is 0 Å². The first-order valence-electron chi connectivity index (χ1n) is 2.97. The molecule has 9 heteroatoms. The largest absolute Gasteiger partial charge is 0.693 e. The van der Waals surface area contributed by atoms with Crippen LogP contribution in [-0.4, -0.2) is 21.7 Å². The summed E-state index contributed by atoms with van der Waals surface area (Å²) in [5.41, 5.74) is -0.0671. The molecule has 0 saturated heterocycles. The van der Waals surface area contributed by atoms with E-state index >= 15 is 0 Å². The smallest absolute Gasteiger partial charge is 0.693 e. The monoisotopic (exact) mass is 453 g/mol. The average Bonchev–Trinajstić information content (AvgIpc) is 2.06. The van der Waals surface area contributed by atoms with E-state index < -0.39 is 22.5 Å². The number of rotatable bonds is 1. The van der Waals surface area contributed by atoms with Gasteiger partial charge in [-0.05, 0) is 12.1 Å². The first kappa shape index (κ1) is 24.7. The molecule has 8 N–H and O–H groups in total. The SMILES string of the molecule is O.O=C(O)c1ccccc1O.[Cl][Pt+2][Cl].[NH2-].[NH2-]. The first-order valence-corrected chi connectivity index (χ1v) is 8.60. The van der Waals surface area contributed by atoms with Crippen molar-refractivity contribution in [2.45, 2.75) is 0 Å². The van der Waals surface area contributed by atoms with Gasteiger partial charge in [-0.3, -0.25) is 0 Å². The molecule has 0 saturated carbocycles. The van der Waals surface area contributed by atoms with Crippen LogP contribution in [0.5, 0.6) is 5.75 Å². The van der Waals surface area contributed by atoms with E-state index in [4.69, 9.17) is 29.0 Å². The Morgan fingerprint density at radius 3 is 1.81 bits per heavy atom. The van der Waals surface area contributed by atoms with Gasteiger partial charge < -0.3 is 28.0 Å². The third-order valence-electron chi connectivity index (χ3n) is 1.13. The van der Waals surface area contributed by atoms with E-state index in [1.54, 1.807) is 12.1 Å². The molecule has 0 heterocycles. The topological polar surface area (TPSA) is 156 Å². The summed E-state index contributed by atoms with van der Waals surface area (Å²) in [6.45, 7) is 0. The van der Waals surface area contributed by atoms with E-state index in [1.807, 2.05) is 0 Å². The maximum atomic E-state index is 10.3. The van der Waals surface area contributed by atoms with Crippen molar-refractivity contribution in [1.82, 2.24) is 0 Å². The minimum absolute atomic E-state index is 0. The molecule has 1 rings (SSSR count). The van der Waals surface area contributed by atoms with Crippen LogP contribution < -0.4 is 0 Å². The summed E-state index contributed by atoms with van der Waals surface area (Å²) in [7, 11) is 9.75. The van der Waals surface area contributed by atoms with Crippen LogP contribution in [0.1, 0.15) is 10.4 Å². The third-order valence-corrected chi connectivity index (χ3v) is 1.13. The minimum atomic E-state index is -1.11. The minimum Gasteiger partial charge on any atom is -0.693 e. The Morgan fingerprint density at radius 2 is 1.56 bits per heavy atom. The summed E-state index contributed by atoms with van der Waals surface area (Å²) >= 11 is -0.472. The molecule has 0 aliphatic heterocycles. The van der Waals surface area contributed by atoms with Gasteiger partial charge in [-0.15, -0.1) is 0 Å². The summed E-state index contributed by atoms with van der Waals surface area (Å²) < 4.78 is 0. The number of hydrogen-bond donors (Lipinski definition) is 2. The van der Waals surface area contributed by atoms with E-state index in [0.717, 1.165) is 0 Å². The van der Waals surface area contributed by atoms with Crippen LogP contribution in [0.4, 0.5) is 0 Å². The zero-order valence-corrected chi connectivity index (χ0v) is 11.6. The van der Waals surface area contributed by atoms with Gasteiger partial charge in [-0.2, -0.15) is 0 Å². The Balaban J connectivity index is -0.000000109. The van der Waals surface area contributed by atoms with Gasteiger partial charge in [0.15, 0.2) is 0 Å². The van der Waals surface area contributed by atoms with Gasteiger partial charge in [-0.1, -0.05) is 12.1 Å². The number of para-hydroxylation sites is 1. The molecule has 6 nitrogen and oxygen atoms in total. The molecule has 16 heavy (non-hydrogen) atoms. The predicted octanol–water partition coefficient (Wildman–Crippen LogP) is 3.08. The molecule has 0 radical (unpaired) electrons. The number of benzene rings is 1. The second kappa shape index (κ2) is 14.6. The number of halogens is 2. The van der Waals surface area contributed by atoms with Crippen LogP contribution in [0.15, 0.2) is 24.3 Å².